The SMILES string of the molecule is O=C(O)c1csc(CCNC(=O)C2CSc3ccccc32)n1. The van der Waals surface area contributed by atoms with Gasteiger partial charge in [-0.15, -0.1) is 23.1 Å². The molecule has 0 radical (unpaired) electrons. The van der Waals surface area contributed by atoms with Crippen LogP contribution in [0.4, 0.5) is 0 Å². The Hall–Kier alpha value is -1.86. The molecule has 1 aliphatic heterocycles. The maximum atomic E-state index is 12.3. The molecule has 1 atom stereocenters. The van der Waals surface area contributed by atoms with Gasteiger partial charge < -0.3 is 10.4 Å². The van der Waals surface area contributed by atoms with E-state index in [0.29, 0.717) is 13.0 Å². The Bertz CT molecular complexity index is 714. The number of nitrogens with zero attached hydrogens (tertiary/aromatic N) is 1. The number of rotatable bonds is 5. The Balaban J connectivity index is 1.54. The number of carboxylic acids is 1. The Morgan fingerprint density at radius 3 is 2.95 bits per heavy atom. The fraction of sp³-hybridized carbons (Fsp3) is 0.267. The third-order valence-electron chi connectivity index (χ3n) is 3.43. The second kappa shape index (κ2) is 6.50. The van der Waals surface area contributed by atoms with Gasteiger partial charge in [-0.1, -0.05) is 18.2 Å². The van der Waals surface area contributed by atoms with E-state index in [-0.39, 0.29) is 17.5 Å². The summed E-state index contributed by atoms with van der Waals surface area (Å²) in [5, 5.41) is 14.0. The van der Waals surface area contributed by atoms with E-state index < -0.39 is 5.97 Å². The molecule has 0 bridgehead atoms. The lowest BCUT2D eigenvalue weighted by Gasteiger charge is -2.11. The van der Waals surface area contributed by atoms with E-state index in [1.165, 1.54) is 21.6 Å². The molecule has 114 valence electrons. The minimum atomic E-state index is -1.02. The number of nitrogens with one attached hydrogen (secondary N) is 1. The van der Waals surface area contributed by atoms with E-state index in [4.69, 9.17) is 5.11 Å². The summed E-state index contributed by atoms with van der Waals surface area (Å²) in [6.07, 6.45) is 0.547. The number of aromatic carboxylic acids is 1. The van der Waals surface area contributed by atoms with Crippen LogP contribution in [0.2, 0.25) is 0 Å². The average molecular weight is 334 g/mol. The highest BCUT2D eigenvalue weighted by molar-refractivity contribution is 7.99. The maximum Gasteiger partial charge on any atom is 0.355 e. The summed E-state index contributed by atoms with van der Waals surface area (Å²) in [6.45, 7) is 0.467. The number of carboxylic acid groups (broad SMARTS) is 1. The summed E-state index contributed by atoms with van der Waals surface area (Å²) >= 11 is 3.01. The Labute approximate surface area is 135 Å². The standard InChI is InChI=1S/C15H14N2O3S2/c18-14(10-7-21-12-4-2-1-3-9(10)12)16-6-5-13-17-11(8-22-13)15(19)20/h1-4,8,10H,5-7H2,(H,16,18)(H,19,20). The first-order chi connectivity index (χ1) is 10.6. The van der Waals surface area contributed by atoms with Gasteiger partial charge >= 0.3 is 5.97 Å². The molecule has 2 aromatic rings. The van der Waals surface area contributed by atoms with Crippen LogP contribution in [0.5, 0.6) is 0 Å². The van der Waals surface area contributed by atoms with Crippen molar-refractivity contribution in [2.45, 2.75) is 17.2 Å². The number of hydrogen-bond donors (Lipinski definition) is 2. The van der Waals surface area contributed by atoms with Gasteiger partial charge in [0, 0.05) is 29.0 Å². The molecule has 1 amide bonds. The highest BCUT2D eigenvalue weighted by atomic mass is 32.2. The zero-order valence-corrected chi connectivity index (χ0v) is 13.2. The van der Waals surface area contributed by atoms with Crippen molar-refractivity contribution in [1.29, 1.82) is 0 Å². The van der Waals surface area contributed by atoms with Gasteiger partial charge in [0.1, 0.15) is 0 Å². The van der Waals surface area contributed by atoms with Crippen LogP contribution in [0.3, 0.4) is 0 Å². The summed E-state index contributed by atoms with van der Waals surface area (Å²) in [6, 6.07) is 7.97. The van der Waals surface area contributed by atoms with Crippen LogP contribution in [-0.4, -0.2) is 34.3 Å². The number of carbonyl (C=O) groups is 2. The number of thiazole rings is 1. The van der Waals surface area contributed by atoms with E-state index >= 15 is 0 Å². The van der Waals surface area contributed by atoms with Crippen molar-refractivity contribution >= 4 is 35.0 Å². The van der Waals surface area contributed by atoms with E-state index in [1.807, 2.05) is 24.3 Å². The van der Waals surface area contributed by atoms with Gasteiger partial charge in [0.25, 0.3) is 0 Å². The van der Waals surface area contributed by atoms with Crippen LogP contribution in [0.15, 0.2) is 34.5 Å². The molecule has 0 spiro atoms. The predicted molar refractivity (Wildman–Crippen MR) is 85.7 cm³/mol. The van der Waals surface area contributed by atoms with Crippen LogP contribution in [0, 0.1) is 0 Å². The molecule has 5 nitrogen and oxygen atoms in total. The van der Waals surface area contributed by atoms with Crippen molar-refractivity contribution in [2.75, 3.05) is 12.3 Å². The second-order valence-electron chi connectivity index (χ2n) is 4.87. The number of aromatic nitrogens is 1. The number of thioether (sulfide) groups is 1. The topological polar surface area (TPSA) is 79.3 Å². The fourth-order valence-electron chi connectivity index (χ4n) is 2.32. The molecule has 1 aromatic carbocycles. The monoisotopic (exact) mass is 334 g/mol. The van der Waals surface area contributed by atoms with Crippen molar-refractivity contribution < 1.29 is 14.7 Å². The molecule has 7 heteroatoms. The van der Waals surface area contributed by atoms with Crippen molar-refractivity contribution in [1.82, 2.24) is 10.3 Å². The lowest BCUT2D eigenvalue weighted by Crippen LogP contribution is -2.31. The van der Waals surface area contributed by atoms with Crippen molar-refractivity contribution in [3.63, 3.8) is 0 Å². The van der Waals surface area contributed by atoms with Gasteiger partial charge in [0.05, 0.1) is 10.9 Å². The highest BCUT2D eigenvalue weighted by Crippen LogP contribution is 2.39. The number of fused-ring (bicyclic) bond motifs is 1. The van der Waals surface area contributed by atoms with Crippen LogP contribution < -0.4 is 5.32 Å². The van der Waals surface area contributed by atoms with Crippen LogP contribution in [0.25, 0.3) is 0 Å². The second-order valence-corrected chi connectivity index (χ2v) is 6.88. The van der Waals surface area contributed by atoms with Crippen LogP contribution in [0.1, 0.15) is 27.0 Å². The van der Waals surface area contributed by atoms with Crippen molar-refractivity contribution in [3.05, 3.63) is 45.9 Å². The maximum absolute atomic E-state index is 12.3. The van der Waals surface area contributed by atoms with Crippen LogP contribution >= 0.6 is 23.1 Å². The Morgan fingerprint density at radius 2 is 2.18 bits per heavy atom. The zero-order chi connectivity index (χ0) is 15.5. The summed E-state index contributed by atoms with van der Waals surface area (Å²) in [7, 11) is 0. The number of amides is 1. The van der Waals surface area contributed by atoms with E-state index in [2.05, 4.69) is 10.3 Å². The minimum absolute atomic E-state index is 0.0208. The molecule has 0 saturated heterocycles. The number of hydrogen-bond acceptors (Lipinski definition) is 5. The first-order valence-electron chi connectivity index (χ1n) is 6.82. The predicted octanol–water partition coefficient (Wildman–Crippen LogP) is 2.39. The van der Waals surface area contributed by atoms with Gasteiger partial charge in [-0.3, -0.25) is 4.79 Å². The third-order valence-corrected chi connectivity index (χ3v) is 5.52. The van der Waals surface area contributed by atoms with E-state index in [9.17, 15) is 9.59 Å². The molecule has 0 fully saturated rings. The molecule has 0 aliphatic carbocycles. The molecular weight excluding hydrogens is 320 g/mol. The quantitative estimate of drug-likeness (QED) is 0.878. The van der Waals surface area contributed by atoms with Gasteiger partial charge in [0.15, 0.2) is 5.69 Å². The first-order valence-corrected chi connectivity index (χ1v) is 8.69. The van der Waals surface area contributed by atoms with E-state index in [0.717, 1.165) is 16.3 Å². The summed E-state index contributed by atoms with van der Waals surface area (Å²) in [5.41, 5.74) is 1.15. The zero-order valence-electron chi connectivity index (χ0n) is 11.6. The smallest absolute Gasteiger partial charge is 0.355 e. The minimum Gasteiger partial charge on any atom is -0.476 e. The normalized spacial score (nSPS) is 16.3. The molecule has 1 unspecified atom stereocenters. The van der Waals surface area contributed by atoms with Gasteiger partial charge in [0.2, 0.25) is 5.91 Å². The molecule has 3 rings (SSSR count). The largest absolute Gasteiger partial charge is 0.476 e. The van der Waals surface area contributed by atoms with Gasteiger partial charge in [-0.05, 0) is 11.6 Å². The molecule has 0 saturated carbocycles. The van der Waals surface area contributed by atoms with E-state index in [1.54, 1.807) is 11.8 Å². The Morgan fingerprint density at radius 1 is 1.36 bits per heavy atom. The summed E-state index contributed by atoms with van der Waals surface area (Å²) < 4.78 is 0. The average Bonchev–Trinajstić information content (AvgIpc) is 3.13. The molecule has 1 aliphatic rings. The number of carbonyl (C=O) groups excluding carboxylic acids is 1. The molecule has 2 heterocycles. The lowest BCUT2D eigenvalue weighted by molar-refractivity contribution is -0.122. The third kappa shape index (κ3) is 3.15. The van der Waals surface area contributed by atoms with Crippen molar-refractivity contribution in [2.24, 2.45) is 0 Å². The molecule has 22 heavy (non-hydrogen) atoms. The highest BCUT2D eigenvalue weighted by Gasteiger charge is 2.28. The Kier molecular flexibility index (Phi) is 4.44. The lowest BCUT2D eigenvalue weighted by atomic mass is 10.0. The summed E-state index contributed by atoms with van der Waals surface area (Å²) in [4.78, 5) is 28.2. The van der Waals surface area contributed by atoms with Crippen molar-refractivity contribution in [3.8, 4) is 0 Å². The number of benzene rings is 1. The molecule has 1 aromatic heterocycles. The summed E-state index contributed by atoms with van der Waals surface area (Å²) in [5.74, 6) is -0.336. The van der Waals surface area contributed by atoms with Gasteiger partial charge in [-0.25, -0.2) is 9.78 Å². The fourth-order valence-corrected chi connectivity index (χ4v) is 4.32. The van der Waals surface area contributed by atoms with Crippen LogP contribution in [-0.2, 0) is 11.2 Å². The molecule has 2 N–H and O–H groups in total. The van der Waals surface area contributed by atoms with Gasteiger partial charge in [-0.2, -0.15) is 0 Å². The first kappa shape index (κ1) is 15.1. The molecular formula is C15H14N2O3S2.